The lowest BCUT2D eigenvalue weighted by atomic mass is 9.90. The maximum absolute atomic E-state index is 6.56. The third kappa shape index (κ3) is 5.18. The van der Waals surface area contributed by atoms with Crippen LogP contribution in [0.25, 0.3) is 10.8 Å². The molecule has 2 aromatic rings. The average Bonchev–Trinajstić information content (AvgIpc) is 3.37. The summed E-state index contributed by atoms with van der Waals surface area (Å²) in [5.41, 5.74) is 0. The highest BCUT2D eigenvalue weighted by atomic mass is 32.2. The predicted molar refractivity (Wildman–Crippen MR) is 133 cm³/mol. The molecule has 0 unspecified atom stereocenters. The first-order valence-corrected chi connectivity index (χ1v) is 14.4. The lowest BCUT2D eigenvalue weighted by Gasteiger charge is -2.23. The van der Waals surface area contributed by atoms with Gasteiger partial charge in [-0.1, -0.05) is 50.7 Å². The first-order chi connectivity index (χ1) is 15.4. The molecule has 1 saturated heterocycles. The van der Waals surface area contributed by atoms with Gasteiger partial charge in [-0.05, 0) is 68.6 Å². The Hall–Kier alpha value is -1.35. The van der Waals surface area contributed by atoms with Gasteiger partial charge >= 0.3 is 0 Å². The molecule has 2 aromatic carbocycles. The molecular formula is C28H39O2S+. The van der Waals surface area contributed by atoms with Crippen molar-refractivity contribution in [2.45, 2.75) is 81.9 Å². The van der Waals surface area contributed by atoms with Crippen molar-refractivity contribution in [1.82, 2.24) is 0 Å². The van der Waals surface area contributed by atoms with E-state index in [0.29, 0.717) is 10.9 Å². The van der Waals surface area contributed by atoms with Crippen LogP contribution in [0.5, 0.6) is 11.5 Å². The number of benzene rings is 2. The number of ether oxygens (including phenoxy) is 2. The van der Waals surface area contributed by atoms with Crippen LogP contribution >= 0.6 is 0 Å². The summed E-state index contributed by atoms with van der Waals surface area (Å²) in [7, 11) is 0.364. The van der Waals surface area contributed by atoms with E-state index in [2.05, 4.69) is 30.3 Å². The number of hydrogen-bond acceptors (Lipinski definition) is 2. The van der Waals surface area contributed by atoms with Gasteiger partial charge in [-0.15, -0.1) is 0 Å². The van der Waals surface area contributed by atoms with E-state index in [0.717, 1.165) is 36.5 Å². The summed E-state index contributed by atoms with van der Waals surface area (Å²) >= 11 is 0. The fourth-order valence-corrected chi connectivity index (χ4v) is 8.31. The summed E-state index contributed by atoms with van der Waals surface area (Å²) in [6, 6.07) is 11.3. The van der Waals surface area contributed by atoms with Crippen molar-refractivity contribution in [1.29, 1.82) is 0 Å². The van der Waals surface area contributed by atoms with Gasteiger partial charge in [0.15, 0.2) is 4.90 Å². The van der Waals surface area contributed by atoms with Crippen molar-refractivity contribution in [3.05, 3.63) is 30.3 Å². The van der Waals surface area contributed by atoms with Gasteiger partial charge < -0.3 is 9.47 Å². The predicted octanol–water partition coefficient (Wildman–Crippen LogP) is 7.53. The summed E-state index contributed by atoms with van der Waals surface area (Å²) in [5.74, 6) is 6.30. The third-order valence-corrected chi connectivity index (χ3v) is 10.2. The number of rotatable bonds is 7. The molecule has 0 N–H and O–H groups in total. The van der Waals surface area contributed by atoms with Gasteiger partial charge in [-0.2, -0.15) is 0 Å². The van der Waals surface area contributed by atoms with Crippen LogP contribution in [0.2, 0.25) is 0 Å². The molecule has 2 saturated carbocycles. The van der Waals surface area contributed by atoms with E-state index >= 15 is 0 Å². The van der Waals surface area contributed by atoms with Crippen molar-refractivity contribution in [2.24, 2.45) is 11.8 Å². The maximum atomic E-state index is 6.56. The fourth-order valence-electron chi connectivity index (χ4n) is 5.80. The molecule has 2 aliphatic carbocycles. The third-order valence-electron chi connectivity index (χ3n) is 7.67. The molecule has 168 valence electrons. The minimum absolute atomic E-state index is 0.364. The molecule has 1 heterocycles. The van der Waals surface area contributed by atoms with Crippen LogP contribution in [0.3, 0.4) is 0 Å². The Balaban J connectivity index is 1.42. The van der Waals surface area contributed by atoms with Gasteiger partial charge in [0.05, 0.1) is 18.6 Å². The molecule has 3 heteroatoms. The van der Waals surface area contributed by atoms with E-state index in [1.165, 1.54) is 104 Å². The Bertz CT molecular complexity index is 845. The van der Waals surface area contributed by atoms with Gasteiger partial charge in [0.25, 0.3) is 0 Å². The molecule has 0 spiro atoms. The van der Waals surface area contributed by atoms with Crippen molar-refractivity contribution >= 4 is 21.7 Å². The Kier molecular flexibility index (Phi) is 7.29. The summed E-state index contributed by atoms with van der Waals surface area (Å²) in [4.78, 5) is 1.52. The van der Waals surface area contributed by atoms with Gasteiger partial charge in [-0.3, -0.25) is 0 Å². The van der Waals surface area contributed by atoms with E-state index in [1.54, 1.807) is 0 Å². The van der Waals surface area contributed by atoms with Crippen LogP contribution in [0.1, 0.15) is 77.0 Å². The Labute approximate surface area is 191 Å². The van der Waals surface area contributed by atoms with E-state index in [9.17, 15) is 0 Å². The first-order valence-electron chi connectivity index (χ1n) is 12.9. The van der Waals surface area contributed by atoms with Gasteiger partial charge in [0.2, 0.25) is 0 Å². The zero-order valence-corrected chi connectivity index (χ0v) is 19.9. The molecule has 2 nitrogen and oxygen atoms in total. The van der Waals surface area contributed by atoms with Crippen LogP contribution in [0.4, 0.5) is 0 Å². The Morgan fingerprint density at radius 2 is 1.26 bits per heavy atom. The van der Waals surface area contributed by atoms with Gasteiger partial charge in [-0.25, -0.2) is 0 Å². The molecule has 1 aliphatic heterocycles. The van der Waals surface area contributed by atoms with Crippen LogP contribution in [0, 0.1) is 11.8 Å². The number of hydrogen-bond donors (Lipinski definition) is 0. The Morgan fingerprint density at radius 3 is 1.90 bits per heavy atom. The highest BCUT2D eigenvalue weighted by Crippen LogP contribution is 2.40. The summed E-state index contributed by atoms with van der Waals surface area (Å²) in [6.45, 7) is 1.74. The summed E-state index contributed by atoms with van der Waals surface area (Å²) in [5, 5.41) is 2.62. The van der Waals surface area contributed by atoms with Crippen LogP contribution in [0.15, 0.2) is 35.2 Å². The van der Waals surface area contributed by atoms with Crippen molar-refractivity contribution in [2.75, 3.05) is 24.7 Å². The van der Waals surface area contributed by atoms with Crippen LogP contribution < -0.4 is 9.47 Å². The van der Waals surface area contributed by atoms with Gasteiger partial charge in [0, 0.05) is 16.3 Å². The molecule has 5 rings (SSSR count). The lowest BCUT2D eigenvalue weighted by molar-refractivity contribution is 0.209. The summed E-state index contributed by atoms with van der Waals surface area (Å²) < 4.78 is 13.0. The maximum Gasteiger partial charge on any atom is 0.166 e. The number of fused-ring (bicyclic) bond motifs is 1. The standard InChI is InChI=1S/C28H39O2S/c1-3-10-22(11-4-1)20-29-25-16-17-27(31-18-7-8-19-31)28-24(25)14-9-15-26(28)30-21-23-12-5-2-6-13-23/h9,14-17,22-23H,1-8,10-13,18-21H2/q+1. The van der Waals surface area contributed by atoms with E-state index in [4.69, 9.17) is 9.47 Å². The minimum atomic E-state index is 0.364. The largest absolute Gasteiger partial charge is 0.493 e. The topological polar surface area (TPSA) is 18.5 Å². The van der Waals surface area contributed by atoms with Crippen molar-refractivity contribution in [3.63, 3.8) is 0 Å². The molecule has 0 aromatic heterocycles. The Morgan fingerprint density at radius 1 is 0.645 bits per heavy atom. The van der Waals surface area contributed by atoms with Crippen molar-refractivity contribution < 1.29 is 9.47 Å². The second kappa shape index (κ2) is 10.5. The highest BCUT2D eigenvalue weighted by molar-refractivity contribution is 7.97. The first kappa shape index (κ1) is 21.5. The molecule has 0 amide bonds. The normalized spacial score (nSPS) is 21.5. The second-order valence-electron chi connectivity index (χ2n) is 9.98. The highest BCUT2D eigenvalue weighted by Gasteiger charge is 2.31. The molecule has 3 fully saturated rings. The van der Waals surface area contributed by atoms with Gasteiger partial charge in [0.1, 0.15) is 23.0 Å². The summed E-state index contributed by atoms with van der Waals surface area (Å²) in [6.07, 6.45) is 16.4. The fraction of sp³-hybridized carbons (Fsp3) is 0.643. The van der Waals surface area contributed by atoms with Crippen molar-refractivity contribution in [3.8, 4) is 11.5 Å². The lowest BCUT2D eigenvalue weighted by Crippen LogP contribution is -2.16. The zero-order valence-electron chi connectivity index (χ0n) is 19.1. The monoisotopic (exact) mass is 439 g/mol. The average molecular weight is 440 g/mol. The van der Waals surface area contributed by atoms with E-state index in [1.807, 2.05) is 0 Å². The molecule has 31 heavy (non-hydrogen) atoms. The minimum Gasteiger partial charge on any atom is -0.493 e. The zero-order chi connectivity index (χ0) is 20.9. The van der Waals surface area contributed by atoms with Crippen LogP contribution in [-0.2, 0) is 10.9 Å². The molecular weight excluding hydrogens is 400 g/mol. The smallest absolute Gasteiger partial charge is 0.166 e. The molecule has 0 atom stereocenters. The van der Waals surface area contributed by atoms with E-state index in [-0.39, 0.29) is 0 Å². The molecule has 3 aliphatic rings. The molecule has 0 bridgehead atoms. The quantitative estimate of drug-likeness (QED) is 0.415. The van der Waals surface area contributed by atoms with E-state index < -0.39 is 0 Å². The van der Waals surface area contributed by atoms with Crippen LogP contribution in [-0.4, -0.2) is 24.7 Å². The second-order valence-corrected chi connectivity index (χ2v) is 12.2. The molecule has 0 radical (unpaired) electrons. The SMILES string of the molecule is c1cc(OCC2CCCCC2)c2c([S+]3CCCC3)ccc(OCC3CCCCC3)c2c1.